The number of para-hydroxylation sites is 2. The van der Waals surface area contributed by atoms with Crippen molar-refractivity contribution in [1.82, 2.24) is 0 Å². The van der Waals surface area contributed by atoms with Crippen LogP contribution in [-0.2, 0) is 0 Å². The van der Waals surface area contributed by atoms with Gasteiger partial charge in [0.15, 0.2) is 0 Å². The van der Waals surface area contributed by atoms with Gasteiger partial charge in [-0.2, -0.15) is 0 Å². The van der Waals surface area contributed by atoms with Crippen molar-refractivity contribution in [1.29, 1.82) is 0 Å². The largest absolute Gasteiger partial charge is 0.455 e. The summed E-state index contributed by atoms with van der Waals surface area (Å²) in [6.45, 7) is 0. The number of rotatable bonds is 7. The van der Waals surface area contributed by atoms with Crippen LogP contribution in [0, 0.1) is 0 Å². The van der Waals surface area contributed by atoms with Crippen LogP contribution in [0.3, 0.4) is 0 Å². The van der Waals surface area contributed by atoms with Gasteiger partial charge in [-0.15, -0.1) is 0 Å². The third-order valence-corrected chi connectivity index (χ3v) is 11.5. The number of fused-ring (bicyclic) bond motifs is 6. The topological polar surface area (TPSA) is 16.4 Å². The Labute approximate surface area is 337 Å². The summed E-state index contributed by atoms with van der Waals surface area (Å²) in [5, 5.41) is 7.00. The molecule has 1 heterocycles. The first-order chi connectivity index (χ1) is 28.7. The zero-order chi connectivity index (χ0) is 38.4. The van der Waals surface area contributed by atoms with Crippen LogP contribution in [0.2, 0.25) is 0 Å². The van der Waals surface area contributed by atoms with Gasteiger partial charge < -0.3 is 9.32 Å². The number of benzene rings is 10. The average Bonchev–Trinajstić information content (AvgIpc) is 3.68. The Morgan fingerprint density at radius 3 is 1.67 bits per heavy atom. The van der Waals surface area contributed by atoms with Crippen LogP contribution in [0.4, 0.5) is 17.1 Å². The minimum Gasteiger partial charge on any atom is -0.455 e. The van der Waals surface area contributed by atoms with Crippen LogP contribution in [0.25, 0.3) is 88.0 Å². The van der Waals surface area contributed by atoms with Crippen molar-refractivity contribution in [3.8, 4) is 44.5 Å². The predicted octanol–water partition coefficient (Wildman–Crippen LogP) is 16.0. The maximum absolute atomic E-state index is 6.55. The fraction of sp³-hybridized carbons (Fsp3) is 0. The molecule has 0 unspecified atom stereocenters. The van der Waals surface area contributed by atoms with E-state index in [1.165, 1.54) is 32.8 Å². The third-order valence-electron chi connectivity index (χ3n) is 11.5. The van der Waals surface area contributed by atoms with Crippen LogP contribution in [0.5, 0.6) is 0 Å². The monoisotopic (exact) mass is 739 g/mol. The average molecular weight is 740 g/mol. The lowest BCUT2D eigenvalue weighted by Gasteiger charge is -2.30. The van der Waals surface area contributed by atoms with Crippen LogP contribution in [0.1, 0.15) is 0 Å². The molecule has 2 heteroatoms. The third kappa shape index (κ3) is 5.91. The van der Waals surface area contributed by atoms with Crippen molar-refractivity contribution in [2.75, 3.05) is 4.90 Å². The molecule has 0 aliphatic heterocycles. The van der Waals surface area contributed by atoms with Gasteiger partial charge in [0, 0.05) is 33.0 Å². The minimum atomic E-state index is 0.886. The van der Waals surface area contributed by atoms with E-state index in [1.807, 2.05) is 0 Å². The van der Waals surface area contributed by atoms with E-state index in [2.05, 4.69) is 229 Å². The van der Waals surface area contributed by atoms with Gasteiger partial charge in [-0.1, -0.05) is 176 Å². The van der Waals surface area contributed by atoms with Crippen LogP contribution < -0.4 is 4.90 Å². The number of hydrogen-bond acceptors (Lipinski definition) is 2. The van der Waals surface area contributed by atoms with Gasteiger partial charge in [0.25, 0.3) is 0 Å². The standard InChI is InChI=1S/C56H37NO/c1-2-13-38(14-3-1)40-25-28-42(29-26-40)48-20-8-10-23-53(48)57(47-19-12-18-44(36-47)45-30-27-39-15-4-5-17-43(39)35-45)54-24-11-9-21-49(54)46-32-34-55-52(37-46)51-33-31-41-16-6-7-22-50(41)56(51)58-55/h1-37H. The smallest absolute Gasteiger partial charge is 0.143 e. The van der Waals surface area contributed by atoms with E-state index in [0.29, 0.717) is 0 Å². The molecule has 2 nitrogen and oxygen atoms in total. The Kier molecular flexibility index (Phi) is 8.19. The van der Waals surface area contributed by atoms with Gasteiger partial charge in [-0.05, 0) is 98.1 Å². The van der Waals surface area contributed by atoms with Gasteiger partial charge >= 0.3 is 0 Å². The Morgan fingerprint density at radius 2 is 0.862 bits per heavy atom. The second kappa shape index (κ2) is 14.1. The first-order valence-electron chi connectivity index (χ1n) is 19.8. The van der Waals surface area contributed by atoms with Gasteiger partial charge in [0.05, 0.1) is 11.4 Å². The predicted molar refractivity (Wildman–Crippen MR) is 245 cm³/mol. The van der Waals surface area contributed by atoms with E-state index >= 15 is 0 Å². The number of furan rings is 1. The van der Waals surface area contributed by atoms with Crippen LogP contribution in [-0.4, -0.2) is 0 Å². The highest BCUT2D eigenvalue weighted by atomic mass is 16.3. The Balaban J connectivity index is 1.10. The number of hydrogen-bond donors (Lipinski definition) is 0. The molecule has 0 aliphatic rings. The highest BCUT2D eigenvalue weighted by Gasteiger charge is 2.22. The van der Waals surface area contributed by atoms with Crippen molar-refractivity contribution in [2.24, 2.45) is 0 Å². The second-order valence-corrected chi connectivity index (χ2v) is 14.9. The van der Waals surface area contributed by atoms with Crippen molar-refractivity contribution in [3.63, 3.8) is 0 Å². The molecule has 0 amide bonds. The van der Waals surface area contributed by atoms with Crippen molar-refractivity contribution < 1.29 is 4.42 Å². The summed E-state index contributed by atoms with van der Waals surface area (Å²) < 4.78 is 6.55. The highest BCUT2D eigenvalue weighted by Crippen LogP contribution is 2.46. The van der Waals surface area contributed by atoms with Crippen molar-refractivity contribution >= 4 is 60.5 Å². The molecule has 0 aliphatic carbocycles. The molecule has 272 valence electrons. The van der Waals surface area contributed by atoms with E-state index in [4.69, 9.17) is 4.42 Å². The lowest BCUT2D eigenvalue weighted by Crippen LogP contribution is -2.12. The van der Waals surface area contributed by atoms with Gasteiger partial charge in [-0.3, -0.25) is 0 Å². The number of anilines is 3. The Bertz CT molecular complexity index is 3290. The molecule has 0 saturated heterocycles. The van der Waals surface area contributed by atoms with E-state index < -0.39 is 0 Å². The van der Waals surface area contributed by atoms with E-state index in [0.717, 1.165) is 72.2 Å². The van der Waals surface area contributed by atoms with Crippen molar-refractivity contribution in [2.45, 2.75) is 0 Å². The van der Waals surface area contributed by atoms with Gasteiger partial charge in [-0.25, -0.2) is 0 Å². The molecule has 0 bridgehead atoms. The fourth-order valence-electron chi connectivity index (χ4n) is 8.57. The molecule has 0 fully saturated rings. The molecule has 0 saturated carbocycles. The Hall–Kier alpha value is -7.68. The molecule has 0 radical (unpaired) electrons. The lowest BCUT2D eigenvalue weighted by molar-refractivity contribution is 0.672. The zero-order valence-electron chi connectivity index (χ0n) is 31.7. The highest BCUT2D eigenvalue weighted by molar-refractivity contribution is 6.15. The van der Waals surface area contributed by atoms with Crippen LogP contribution >= 0.6 is 0 Å². The summed E-state index contributed by atoms with van der Waals surface area (Å²) in [4.78, 5) is 2.44. The molecule has 0 spiro atoms. The quantitative estimate of drug-likeness (QED) is 0.162. The normalized spacial score (nSPS) is 11.4. The van der Waals surface area contributed by atoms with Gasteiger partial charge in [0.2, 0.25) is 0 Å². The summed E-state index contributed by atoms with van der Waals surface area (Å²) in [5.74, 6) is 0. The fourth-order valence-corrected chi connectivity index (χ4v) is 8.57. The second-order valence-electron chi connectivity index (χ2n) is 14.9. The molecular weight excluding hydrogens is 703 g/mol. The zero-order valence-corrected chi connectivity index (χ0v) is 31.7. The lowest BCUT2D eigenvalue weighted by atomic mass is 9.96. The molecule has 10 aromatic carbocycles. The summed E-state index contributed by atoms with van der Waals surface area (Å²) in [5.41, 5.74) is 14.4. The minimum absolute atomic E-state index is 0.886. The molecule has 11 rings (SSSR count). The summed E-state index contributed by atoms with van der Waals surface area (Å²) in [6, 6.07) is 80.8. The van der Waals surface area contributed by atoms with Gasteiger partial charge in [0.1, 0.15) is 11.2 Å². The van der Waals surface area contributed by atoms with Crippen LogP contribution in [0.15, 0.2) is 229 Å². The summed E-state index contributed by atoms with van der Waals surface area (Å²) >= 11 is 0. The molecule has 0 N–H and O–H groups in total. The van der Waals surface area contributed by atoms with E-state index in [9.17, 15) is 0 Å². The first kappa shape index (κ1) is 33.6. The first-order valence-corrected chi connectivity index (χ1v) is 19.8. The van der Waals surface area contributed by atoms with E-state index in [-0.39, 0.29) is 0 Å². The molecular formula is C56H37NO. The maximum atomic E-state index is 6.55. The number of nitrogens with zero attached hydrogens (tertiary/aromatic N) is 1. The van der Waals surface area contributed by atoms with E-state index in [1.54, 1.807) is 0 Å². The maximum Gasteiger partial charge on any atom is 0.143 e. The molecule has 0 atom stereocenters. The molecule has 11 aromatic rings. The van der Waals surface area contributed by atoms with Crippen molar-refractivity contribution in [3.05, 3.63) is 224 Å². The SMILES string of the molecule is c1ccc(-c2ccc(-c3ccccc3N(c3cccc(-c4ccc5ccccc5c4)c3)c3ccccc3-c3ccc4oc5c6ccccc6ccc5c4c3)cc2)cc1. The summed E-state index contributed by atoms with van der Waals surface area (Å²) in [6.07, 6.45) is 0. The molecule has 1 aromatic heterocycles. The Morgan fingerprint density at radius 1 is 0.293 bits per heavy atom. The molecule has 58 heavy (non-hydrogen) atoms. The summed E-state index contributed by atoms with van der Waals surface area (Å²) in [7, 11) is 0.